The smallest absolute Gasteiger partial charge is 0.235 e. The quantitative estimate of drug-likeness (QED) is 0.750. The summed E-state index contributed by atoms with van der Waals surface area (Å²) in [5.74, 6) is -0.242. The van der Waals surface area contributed by atoms with E-state index in [1.807, 2.05) is 6.92 Å². The van der Waals surface area contributed by atoms with Crippen LogP contribution in [0.4, 0.5) is 4.39 Å². The lowest BCUT2D eigenvalue weighted by atomic mass is 10.2. The molecule has 5 heteroatoms. The molecule has 0 saturated heterocycles. The second-order valence-electron chi connectivity index (χ2n) is 4.16. The zero-order chi connectivity index (χ0) is 14.3. The van der Waals surface area contributed by atoms with Crippen molar-refractivity contribution in [3.05, 3.63) is 47.8 Å². The van der Waals surface area contributed by atoms with Crippen LogP contribution in [0.25, 0.3) is 0 Å². The first-order valence-electron chi connectivity index (χ1n) is 5.98. The van der Waals surface area contributed by atoms with Crippen molar-refractivity contribution >= 4 is 16.7 Å². The van der Waals surface area contributed by atoms with Gasteiger partial charge in [-0.05, 0) is 13.0 Å². The van der Waals surface area contributed by atoms with Gasteiger partial charge in [-0.25, -0.2) is 4.39 Å². The standard InChI is InChI=1S/C14H18FNO2S/c1-3-4-9-19(18)11-14(17)16(2)10-12-7-5-6-8-13(12)15/h3-8H,9-11H2,1-2H3. The van der Waals surface area contributed by atoms with E-state index in [0.29, 0.717) is 11.3 Å². The third kappa shape index (κ3) is 5.34. The molecule has 0 saturated carbocycles. The zero-order valence-corrected chi connectivity index (χ0v) is 12.0. The molecule has 3 nitrogen and oxygen atoms in total. The molecular formula is C14H18FNO2S. The molecule has 0 aliphatic carbocycles. The van der Waals surface area contributed by atoms with Crippen LogP contribution < -0.4 is 0 Å². The topological polar surface area (TPSA) is 37.4 Å². The molecule has 0 aromatic heterocycles. The van der Waals surface area contributed by atoms with Crippen LogP contribution in [0.3, 0.4) is 0 Å². The molecule has 0 N–H and O–H groups in total. The molecule has 1 aromatic carbocycles. The van der Waals surface area contributed by atoms with E-state index in [1.165, 1.54) is 11.0 Å². The van der Waals surface area contributed by atoms with E-state index >= 15 is 0 Å². The largest absolute Gasteiger partial charge is 0.341 e. The van der Waals surface area contributed by atoms with Gasteiger partial charge in [-0.2, -0.15) is 0 Å². The summed E-state index contributed by atoms with van der Waals surface area (Å²) in [6.45, 7) is 2.02. The van der Waals surface area contributed by atoms with E-state index in [1.54, 1.807) is 37.4 Å². The zero-order valence-electron chi connectivity index (χ0n) is 11.1. The monoisotopic (exact) mass is 283 g/mol. The van der Waals surface area contributed by atoms with Crippen LogP contribution in [0.15, 0.2) is 36.4 Å². The first-order chi connectivity index (χ1) is 9.04. The van der Waals surface area contributed by atoms with E-state index in [2.05, 4.69) is 0 Å². The number of amides is 1. The first kappa shape index (κ1) is 15.6. The van der Waals surface area contributed by atoms with Crippen LogP contribution in [0.1, 0.15) is 12.5 Å². The number of rotatable bonds is 6. The molecule has 0 bridgehead atoms. The lowest BCUT2D eigenvalue weighted by Crippen LogP contribution is -2.31. The highest BCUT2D eigenvalue weighted by Gasteiger charge is 2.13. The minimum Gasteiger partial charge on any atom is -0.341 e. The Balaban J connectivity index is 2.54. The third-order valence-corrected chi connectivity index (χ3v) is 3.73. The van der Waals surface area contributed by atoms with Gasteiger partial charge >= 0.3 is 0 Å². The summed E-state index contributed by atoms with van der Waals surface area (Å²) in [5, 5.41) is 0. The molecule has 1 atom stereocenters. The predicted octanol–water partition coefficient (Wildman–Crippen LogP) is 2.11. The van der Waals surface area contributed by atoms with Gasteiger partial charge in [0.25, 0.3) is 0 Å². The lowest BCUT2D eigenvalue weighted by molar-refractivity contribution is -0.127. The van der Waals surface area contributed by atoms with Crippen molar-refractivity contribution in [2.45, 2.75) is 13.5 Å². The van der Waals surface area contributed by atoms with Gasteiger partial charge in [0.1, 0.15) is 11.6 Å². The Hall–Kier alpha value is -1.49. The average Bonchev–Trinajstić information content (AvgIpc) is 2.38. The van der Waals surface area contributed by atoms with Crippen LogP contribution in [0.5, 0.6) is 0 Å². The second-order valence-corrected chi connectivity index (χ2v) is 5.66. The molecule has 1 amide bonds. The van der Waals surface area contributed by atoms with Crippen molar-refractivity contribution in [1.29, 1.82) is 0 Å². The maximum absolute atomic E-state index is 13.4. The van der Waals surface area contributed by atoms with E-state index in [-0.39, 0.29) is 24.0 Å². The Morgan fingerprint density at radius 2 is 2.11 bits per heavy atom. The predicted molar refractivity (Wildman–Crippen MR) is 75.6 cm³/mol. The van der Waals surface area contributed by atoms with Crippen LogP contribution in [0, 0.1) is 5.82 Å². The number of carbonyl (C=O) groups excluding carboxylic acids is 1. The Morgan fingerprint density at radius 1 is 1.42 bits per heavy atom. The van der Waals surface area contributed by atoms with Gasteiger partial charge < -0.3 is 4.90 Å². The number of allylic oxidation sites excluding steroid dienone is 1. The van der Waals surface area contributed by atoms with Crippen LogP contribution in [-0.2, 0) is 22.1 Å². The van der Waals surface area contributed by atoms with Gasteiger partial charge in [0, 0.05) is 35.7 Å². The number of halogens is 1. The van der Waals surface area contributed by atoms with Crippen LogP contribution >= 0.6 is 0 Å². The number of hydrogen-bond donors (Lipinski definition) is 0. The highest BCUT2D eigenvalue weighted by atomic mass is 32.2. The number of nitrogens with zero attached hydrogens (tertiary/aromatic N) is 1. The van der Waals surface area contributed by atoms with Crippen LogP contribution in [-0.4, -0.2) is 33.6 Å². The van der Waals surface area contributed by atoms with Crippen molar-refractivity contribution in [3.63, 3.8) is 0 Å². The molecule has 0 aliphatic heterocycles. The van der Waals surface area contributed by atoms with Crippen molar-refractivity contribution in [1.82, 2.24) is 4.90 Å². The van der Waals surface area contributed by atoms with Gasteiger partial charge in [0.2, 0.25) is 5.91 Å². The molecule has 19 heavy (non-hydrogen) atoms. The molecular weight excluding hydrogens is 265 g/mol. The minimum atomic E-state index is -1.21. The molecule has 1 rings (SSSR count). The van der Waals surface area contributed by atoms with E-state index in [9.17, 15) is 13.4 Å². The Morgan fingerprint density at radius 3 is 2.74 bits per heavy atom. The van der Waals surface area contributed by atoms with Gasteiger partial charge in [-0.3, -0.25) is 9.00 Å². The summed E-state index contributed by atoms with van der Waals surface area (Å²) in [5.41, 5.74) is 0.456. The van der Waals surface area contributed by atoms with Crippen LogP contribution in [0.2, 0.25) is 0 Å². The fraction of sp³-hybridized carbons (Fsp3) is 0.357. The Kier molecular flexibility index (Phi) is 6.42. The summed E-state index contributed by atoms with van der Waals surface area (Å²) in [6, 6.07) is 6.32. The van der Waals surface area contributed by atoms with Crippen molar-refractivity contribution in [3.8, 4) is 0 Å². The molecule has 0 heterocycles. The fourth-order valence-corrected chi connectivity index (χ4v) is 2.50. The fourth-order valence-electron chi connectivity index (χ4n) is 1.48. The average molecular weight is 283 g/mol. The van der Waals surface area contributed by atoms with Gasteiger partial charge in [0.05, 0.1) is 0 Å². The molecule has 1 aromatic rings. The Bertz CT molecular complexity index is 488. The highest BCUT2D eigenvalue weighted by molar-refractivity contribution is 7.85. The second kappa shape index (κ2) is 7.84. The van der Waals surface area contributed by atoms with Crippen molar-refractivity contribution in [2.24, 2.45) is 0 Å². The molecule has 0 aliphatic rings. The van der Waals surface area contributed by atoms with Gasteiger partial charge in [0.15, 0.2) is 0 Å². The highest BCUT2D eigenvalue weighted by Crippen LogP contribution is 2.09. The molecule has 0 radical (unpaired) electrons. The molecule has 104 valence electrons. The summed E-state index contributed by atoms with van der Waals surface area (Å²) in [4.78, 5) is 13.2. The number of hydrogen-bond acceptors (Lipinski definition) is 2. The first-order valence-corrected chi connectivity index (χ1v) is 7.47. The maximum atomic E-state index is 13.4. The summed E-state index contributed by atoms with van der Waals surface area (Å²) in [7, 11) is 0.379. The number of carbonyl (C=O) groups is 1. The van der Waals surface area contributed by atoms with Gasteiger partial charge in [-0.15, -0.1) is 0 Å². The normalized spacial score (nSPS) is 12.6. The van der Waals surface area contributed by atoms with Crippen molar-refractivity contribution < 1.29 is 13.4 Å². The lowest BCUT2D eigenvalue weighted by Gasteiger charge is -2.17. The molecule has 0 spiro atoms. The SMILES string of the molecule is CC=CCS(=O)CC(=O)N(C)Cc1ccccc1F. The summed E-state index contributed by atoms with van der Waals surface area (Å²) in [6.07, 6.45) is 3.56. The maximum Gasteiger partial charge on any atom is 0.235 e. The van der Waals surface area contributed by atoms with E-state index in [4.69, 9.17) is 0 Å². The van der Waals surface area contributed by atoms with E-state index < -0.39 is 10.8 Å². The van der Waals surface area contributed by atoms with E-state index in [0.717, 1.165) is 0 Å². The summed E-state index contributed by atoms with van der Waals surface area (Å²) < 4.78 is 25.0. The molecule has 1 unspecified atom stereocenters. The third-order valence-electron chi connectivity index (χ3n) is 2.59. The molecule has 0 fully saturated rings. The minimum absolute atomic E-state index is 0.0324. The van der Waals surface area contributed by atoms with Gasteiger partial charge in [-0.1, -0.05) is 30.4 Å². The van der Waals surface area contributed by atoms with Crippen molar-refractivity contribution in [2.75, 3.05) is 18.6 Å². The summed E-state index contributed by atoms with van der Waals surface area (Å²) >= 11 is 0. The Labute approximate surface area is 115 Å². The number of benzene rings is 1.